The first-order valence-corrected chi connectivity index (χ1v) is 6.09. The van der Waals surface area contributed by atoms with Crippen molar-refractivity contribution in [2.75, 3.05) is 17.7 Å². The predicted molar refractivity (Wildman–Crippen MR) is 75.9 cm³/mol. The van der Waals surface area contributed by atoms with Crippen molar-refractivity contribution in [3.8, 4) is 11.6 Å². The molecule has 6 heteroatoms. The molecular formula is C14H15N3O3. The van der Waals surface area contributed by atoms with Crippen LogP contribution in [0.4, 0.5) is 11.4 Å². The lowest BCUT2D eigenvalue weighted by Crippen LogP contribution is -2.12. The van der Waals surface area contributed by atoms with Gasteiger partial charge in [-0.15, -0.1) is 0 Å². The van der Waals surface area contributed by atoms with Crippen LogP contribution in [0.25, 0.3) is 0 Å². The molecule has 0 unspecified atom stereocenters. The molecule has 20 heavy (non-hydrogen) atoms. The van der Waals surface area contributed by atoms with E-state index in [1.165, 1.54) is 18.3 Å². The first-order chi connectivity index (χ1) is 9.61. The summed E-state index contributed by atoms with van der Waals surface area (Å²) in [5, 5.41) is 12.4. The Morgan fingerprint density at radius 1 is 1.40 bits per heavy atom. The van der Waals surface area contributed by atoms with Crippen LogP contribution >= 0.6 is 0 Å². The van der Waals surface area contributed by atoms with Crippen molar-refractivity contribution in [3.05, 3.63) is 42.1 Å². The van der Waals surface area contributed by atoms with E-state index in [-0.39, 0.29) is 17.0 Å². The second-order valence-electron chi connectivity index (χ2n) is 4.02. The minimum absolute atomic E-state index is 0.110. The maximum absolute atomic E-state index is 12.0. The highest BCUT2D eigenvalue weighted by Crippen LogP contribution is 2.25. The number of rotatable bonds is 4. The van der Waals surface area contributed by atoms with Crippen LogP contribution in [0, 0.1) is 0 Å². The molecule has 1 aromatic heterocycles. The van der Waals surface area contributed by atoms with Crippen LogP contribution in [0.2, 0.25) is 0 Å². The number of amides is 1. The maximum Gasteiger partial charge on any atom is 0.259 e. The quantitative estimate of drug-likeness (QED) is 0.585. The van der Waals surface area contributed by atoms with Crippen LogP contribution < -0.4 is 15.8 Å². The van der Waals surface area contributed by atoms with E-state index in [0.29, 0.717) is 18.2 Å². The number of nitrogen functional groups attached to an aromatic ring is 1. The Bertz CT molecular complexity index is 612. The molecule has 0 radical (unpaired) electrons. The minimum Gasteiger partial charge on any atom is -0.505 e. The Kier molecular flexibility index (Phi) is 4.05. The van der Waals surface area contributed by atoms with E-state index < -0.39 is 5.91 Å². The van der Waals surface area contributed by atoms with Gasteiger partial charge in [-0.3, -0.25) is 4.79 Å². The van der Waals surface area contributed by atoms with Gasteiger partial charge in [0.2, 0.25) is 5.88 Å². The molecule has 1 heterocycles. The first-order valence-electron chi connectivity index (χ1n) is 6.09. The lowest BCUT2D eigenvalue weighted by Gasteiger charge is -2.08. The molecule has 0 aliphatic heterocycles. The van der Waals surface area contributed by atoms with Crippen LogP contribution in [0.5, 0.6) is 11.6 Å². The Morgan fingerprint density at radius 2 is 2.20 bits per heavy atom. The predicted octanol–water partition coefficient (Wildman–Crippen LogP) is 2.02. The fourth-order valence-electron chi connectivity index (χ4n) is 1.63. The minimum atomic E-state index is -0.458. The molecule has 0 atom stereocenters. The molecule has 0 aliphatic carbocycles. The first kappa shape index (κ1) is 13.7. The van der Waals surface area contributed by atoms with Gasteiger partial charge in [0.1, 0.15) is 0 Å². The monoisotopic (exact) mass is 273 g/mol. The second kappa shape index (κ2) is 5.92. The van der Waals surface area contributed by atoms with Crippen molar-refractivity contribution in [1.82, 2.24) is 4.98 Å². The average molecular weight is 273 g/mol. The number of ether oxygens (including phenoxy) is 1. The number of anilines is 2. The van der Waals surface area contributed by atoms with Crippen LogP contribution in [0.3, 0.4) is 0 Å². The summed E-state index contributed by atoms with van der Waals surface area (Å²) in [4.78, 5) is 16.0. The fraction of sp³-hybridized carbons (Fsp3) is 0.143. The lowest BCUT2D eigenvalue weighted by molar-refractivity contribution is 0.102. The summed E-state index contributed by atoms with van der Waals surface area (Å²) in [7, 11) is 0. The highest BCUT2D eigenvalue weighted by Gasteiger charge is 2.13. The topological polar surface area (TPSA) is 97.5 Å². The summed E-state index contributed by atoms with van der Waals surface area (Å²) in [6.07, 6.45) is 1.48. The summed E-state index contributed by atoms with van der Waals surface area (Å²) in [6, 6.07) is 7.92. The molecule has 6 nitrogen and oxygen atoms in total. The molecule has 0 spiro atoms. The van der Waals surface area contributed by atoms with E-state index in [1.54, 1.807) is 18.2 Å². The molecule has 0 fully saturated rings. The van der Waals surface area contributed by atoms with Crippen molar-refractivity contribution in [2.45, 2.75) is 6.92 Å². The van der Waals surface area contributed by atoms with Gasteiger partial charge in [-0.25, -0.2) is 4.98 Å². The van der Waals surface area contributed by atoms with Crippen LogP contribution in [0.1, 0.15) is 17.3 Å². The SMILES string of the molecule is CCOc1ccc(NC(=O)c2cccc(N)c2O)cn1. The summed E-state index contributed by atoms with van der Waals surface area (Å²) in [5.41, 5.74) is 6.31. The Morgan fingerprint density at radius 3 is 2.85 bits per heavy atom. The van der Waals surface area contributed by atoms with Gasteiger partial charge >= 0.3 is 0 Å². The molecule has 1 amide bonds. The molecule has 0 saturated heterocycles. The number of carbonyl (C=O) groups excluding carboxylic acids is 1. The normalized spacial score (nSPS) is 10.1. The number of nitrogens with zero attached hydrogens (tertiary/aromatic N) is 1. The van der Waals surface area contributed by atoms with Crippen molar-refractivity contribution >= 4 is 17.3 Å². The number of aromatic hydroxyl groups is 1. The lowest BCUT2D eigenvalue weighted by atomic mass is 10.1. The zero-order valence-corrected chi connectivity index (χ0v) is 11.0. The van der Waals surface area contributed by atoms with Crippen molar-refractivity contribution < 1.29 is 14.6 Å². The number of carbonyl (C=O) groups is 1. The molecule has 0 saturated carbocycles. The third-order valence-electron chi connectivity index (χ3n) is 2.60. The van der Waals surface area contributed by atoms with Crippen LogP contribution in [0.15, 0.2) is 36.5 Å². The fourth-order valence-corrected chi connectivity index (χ4v) is 1.63. The summed E-state index contributed by atoms with van der Waals surface area (Å²) >= 11 is 0. The van der Waals surface area contributed by atoms with Gasteiger partial charge in [0.25, 0.3) is 5.91 Å². The number of benzene rings is 1. The van der Waals surface area contributed by atoms with Crippen LogP contribution in [-0.2, 0) is 0 Å². The van der Waals surface area contributed by atoms with Gasteiger partial charge in [-0.1, -0.05) is 6.07 Å². The molecule has 0 aliphatic rings. The summed E-state index contributed by atoms with van der Waals surface area (Å²) in [6.45, 7) is 2.38. The Balaban J connectivity index is 2.13. The number of nitrogens with one attached hydrogen (secondary N) is 1. The zero-order valence-electron chi connectivity index (χ0n) is 11.0. The van der Waals surface area contributed by atoms with Gasteiger partial charge in [-0.2, -0.15) is 0 Å². The molecule has 0 bridgehead atoms. The van der Waals surface area contributed by atoms with E-state index in [1.807, 2.05) is 6.92 Å². The Labute approximate surface area is 116 Å². The van der Waals surface area contributed by atoms with Gasteiger partial charge in [0.15, 0.2) is 5.75 Å². The summed E-state index contributed by atoms with van der Waals surface area (Å²) in [5.74, 6) is -0.207. The van der Waals surface area contributed by atoms with E-state index in [9.17, 15) is 9.90 Å². The number of aromatic nitrogens is 1. The second-order valence-corrected chi connectivity index (χ2v) is 4.02. The molecule has 1 aromatic carbocycles. The Hall–Kier alpha value is -2.76. The number of hydrogen-bond acceptors (Lipinski definition) is 5. The van der Waals surface area contributed by atoms with Crippen molar-refractivity contribution in [3.63, 3.8) is 0 Å². The van der Waals surface area contributed by atoms with E-state index in [2.05, 4.69) is 10.3 Å². The number of para-hydroxylation sites is 1. The molecule has 2 rings (SSSR count). The summed E-state index contributed by atoms with van der Waals surface area (Å²) < 4.78 is 5.20. The zero-order chi connectivity index (χ0) is 14.5. The number of pyridine rings is 1. The van der Waals surface area contributed by atoms with Gasteiger partial charge < -0.3 is 20.9 Å². The maximum atomic E-state index is 12.0. The third-order valence-corrected chi connectivity index (χ3v) is 2.60. The smallest absolute Gasteiger partial charge is 0.259 e. The highest BCUT2D eigenvalue weighted by atomic mass is 16.5. The number of hydrogen-bond donors (Lipinski definition) is 3. The number of phenolic OH excluding ortho intramolecular Hbond substituents is 1. The average Bonchev–Trinajstić information content (AvgIpc) is 2.44. The van der Waals surface area contributed by atoms with E-state index in [4.69, 9.17) is 10.5 Å². The van der Waals surface area contributed by atoms with Gasteiger partial charge in [0.05, 0.1) is 29.7 Å². The van der Waals surface area contributed by atoms with Crippen molar-refractivity contribution in [1.29, 1.82) is 0 Å². The van der Waals surface area contributed by atoms with Crippen LogP contribution in [-0.4, -0.2) is 22.6 Å². The third kappa shape index (κ3) is 2.97. The van der Waals surface area contributed by atoms with E-state index in [0.717, 1.165) is 0 Å². The number of nitrogens with two attached hydrogens (primary N) is 1. The molecule has 4 N–H and O–H groups in total. The molecular weight excluding hydrogens is 258 g/mol. The highest BCUT2D eigenvalue weighted by molar-refractivity contribution is 6.07. The van der Waals surface area contributed by atoms with E-state index >= 15 is 0 Å². The van der Waals surface area contributed by atoms with Crippen molar-refractivity contribution in [2.24, 2.45) is 0 Å². The molecule has 2 aromatic rings. The number of phenols is 1. The van der Waals surface area contributed by atoms with Gasteiger partial charge in [-0.05, 0) is 25.1 Å². The standard InChI is InChI=1S/C14H15N3O3/c1-2-20-12-7-6-9(8-16-12)17-14(19)10-4-3-5-11(15)13(10)18/h3-8,18H,2,15H2,1H3,(H,17,19). The molecule has 104 valence electrons. The van der Waals surface area contributed by atoms with Gasteiger partial charge in [0, 0.05) is 6.07 Å². The largest absolute Gasteiger partial charge is 0.505 e.